The van der Waals surface area contributed by atoms with E-state index in [2.05, 4.69) is 22.5 Å². The predicted molar refractivity (Wildman–Crippen MR) is 147 cm³/mol. The van der Waals surface area contributed by atoms with Gasteiger partial charge in [-0.2, -0.15) is 10.2 Å². The summed E-state index contributed by atoms with van der Waals surface area (Å²) in [5.74, 6) is 2.49. The molecule has 0 radical (unpaired) electrons. The van der Waals surface area contributed by atoms with Crippen molar-refractivity contribution in [3.8, 4) is 40.2 Å². The van der Waals surface area contributed by atoms with E-state index in [1.165, 1.54) is 0 Å². The van der Waals surface area contributed by atoms with Gasteiger partial charge in [0.15, 0.2) is 11.5 Å². The Morgan fingerprint density at radius 1 is 0.947 bits per heavy atom. The number of hydrogen-bond donors (Lipinski definition) is 0. The first-order valence-electron chi connectivity index (χ1n) is 12.6. The summed E-state index contributed by atoms with van der Waals surface area (Å²) in [4.78, 5) is 17.5. The highest BCUT2D eigenvalue weighted by atomic mass is 16.5. The lowest BCUT2D eigenvalue weighted by Crippen LogP contribution is -2.24. The summed E-state index contributed by atoms with van der Waals surface area (Å²) in [6, 6.07) is 23.1. The zero-order valence-corrected chi connectivity index (χ0v) is 22.2. The third kappa shape index (κ3) is 5.55. The van der Waals surface area contributed by atoms with Gasteiger partial charge in [0.25, 0.3) is 0 Å². The molecule has 1 aromatic heterocycles. The Balaban J connectivity index is 1.72. The minimum absolute atomic E-state index is 0.208. The third-order valence-electron chi connectivity index (χ3n) is 6.36. The summed E-state index contributed by atoms with van der Waals surface area (Å²) in [5.41, 5.74) is 3.96. The molecular formula is C31H31N3O4. The monoisotopic (exact) mass is 509 g/mol. The Morgan fingerprint density at radius 3 is 2.34 bits per heavy atom. The van der Waals surface area contributed by atoms with Crippen LogP contribution < -0.4 is 19.8 Å². The van der Waals surface area contributed by atoms with Crippen LogP contribution in [-0.2, 0) is 19.4 Å². The molecule has 4 rings (SSSR count). The summed E-state index contributed by atoms with van der Waals surface area (Å²) in [5, 5.41) is 9.47. The summed E-state index contributed by atoms with van der Waals surface area (Å²) in [6.07, 6.45) is 2.12. The molecule has 7 nitrogen and oxygen atoms in total. The van der Waals surface area contributed by atoms with Gasteiger partial charge in [0.2, 0.25) is 5.75 Å². The van der Waals surface area contributed by atoms with Crippen LogP contribution in [0.25, 0.3) is 11.1 Å². The minimum Gasteiger partial charge on any atom is -0.493 e. The van der Waals surface area contributed by atoms with E-state index >= 15 is 0 Å². The standard InChI is InChI=1S/C31H31N3O4/c1-5-9-29-33-31(35)30(38-24-16-17-27(36-3)28(18-24)37-4)26(6-2)34(29)20-21-12-14-22(15-13-21)25-11-8-7-10-23(25)19-32/h7-8,10-18H,5-6,9,20H2,1-4H3. The molecular weight excluding hydrogens is 478 g/mol. The highest BCUT2D eigenvalue weighted by Crippen LogP contribution is 2.33. The zero-order chi connectivity index (χ0) is 27.1. The van der Waals surface area contributed by atoms with Gasteiger partial charge in [0.05, 0.1) is 31.5 Å². The van der Waals surface area contributed by atoms with Crippen molar-refractivity contribution in [1.29, 1.82) is 5.26 Å². The molecule has 0 atom stereocenters. The van der Waals surface area contributed by atoms with Crippen molar-refractivity contribution in [3.63, 3.8) is 0 Å². The molecule has 0 N–H and O–H groups in total. The average molecular weight is 510 g/mol. The van der Waals surface area contributed by atoms with Crippen molar-refractivity contribution in [3.05, 3.63) is 99.7 Å². The Kier molecular flexibility index (Phi) is 8.44. The second-order valence-electron chi connectivity index (χ2n) is 8.77. The van der Waals surface area contributed by atoms with Crippen LogP contribution in [0.2, 0.25) is 0 Å². The van der Waals surface area contributed by atoms with Crippen LogP contribution in [0.1, 0.15) is 42.9 Å². The molecule has 0 saturated carbocycles. The lowest BCUT2D eigenvalue weighted by Gasteiger charge is -2.20. The number of aryl methyl sites for hydroxylation is 1. The van der Waals surface area contributed by atoms with Crippen molar-refractivity contribution in [2.24, 2.45) is 0 Å². The fraction of sp³-hybridized carbons (Fsp3) is 0.258. The molecule has 0 aliphatic carbocycles. The van der Waals surface area contributed by atoms with Crippen molar-refractivity contribution in [2.75, 3.05) is 14.2 Å². The number of nitriles is 1. The maximum atomic E-state index is 13.1. The van der Waals surface area contributed by atoms with Gasteiger partial charge < -0.3 is 18.8 Å². The molecule has 0 fully saturated rings. The first kappa shape index (κ1) is 26.5. The quantitative estimate of drug-likeness (QED) is 0.255. The van der Waals surface area contributed by atoms with Gasteiger partial charge in [-0.05, 0) is 47.7 Å². The van der Waals surface area contributed by atoms with Crippen molar-refractivity contribution >= 4 is 0 Å². The Hall–Kier alpha value is -4.57. The number of hydrogen-bond acceptors (Lipinski definition) is 6. The number of aromatic nitrogens is 2. The van der Waals surface area contributed by atoms with Gasteiger partial charge >= 0.3 is 5.56 Å². The highest BCUT2D eigenvalue weighted by Gasteiger charge is 2.19. The van der Waals surface area contributed by atoms with Gasteiger partial charge in [-0.15, -0.1) is 0 Å². The van der Waals surface area contributed by atoms with Crippen LogP contribution in [0.3, 0.4) is 0 Å². The summed E-state index contributed by atoms with van der Waals surface area (Å²) in [6.45, 7) is 4.61. The number of methoxy groups -OCH3 is 2. The fourth-order valence-corrected chi connectivity index (χ4v) is 4.49. The summed E-state index contributed by atoms with van der Waals surface area (Å²) < 4.78 is 18.9. The first-order chi connectivity index (χ1) is 18.5. The Labute approximate surface area is 222 Å². The Morgan fingerprint density at radius 2 is 1.68 bits per heavy atom. The number of benzene rings is 3. The summed E-state index contributed by atoms with van der Waals surface area (Å²) in [7, 11) is 3.12. The molecule has 194 valence electrons. The van der Waals surface area contributed by atoms with E-state index < -0.39 is 0 Å². The lowest BCUT2D eigenvalue weighted by atomic mass is 9.99. The maximum absolute atomic E-state index is 13.1. The predicted octanol–water partition coefficient (Wildman–Crippen LogP) is 6.15. The van der Waals surface area contributed by atoms with Crippen molar-refractivity contribution in [2.45, 2.75) is 39.7 Å². The number of nitrogens with zero attached hydrogens (tertiary/aromatic N) is 3. The molecule has 3 aromatic carbocycles. The minimum atomic E-state index is -0.389. The number of rotatable bonds is 10. The molecule has 0 saturated heterocycles. The molecule has 0 amide bonds. The van der Waals surface area contributed by atoms with Crippen LogP contribution in [0.5, 0.6) is 23.0 Å². The van der Waals surface area contributed by atoms with Crippen LogP contribution in [-0.4, -0.2) is 23.8 Å². The van der Waals surface area contributed by atoms with Crippen LogP contribution in [0.15, 0.2) is 71.5 Å². The van der Waals surface area contributed by atoms with E-state index in [-0.39, 0.29) is 11.3 Å². The first-order valence-corrected chi connectivity index (χ1v) is 12.6. The molecule has 0 aliphatic rings. The molecule has 4 aromatic rings. The normalized spacial score (nSPS) is 10.6. The molecule has 1 heterocycles. The van der Waals surface area contributed by atoms with Gasteiger partial charge in [0.1, 0.15) is 11.6 Å². The van der Waals surface area contributed by atoms with Gasteiger partial charge in [-0.25, -0.2) is 0 Å². The molecule has 38 heavy (non-hydrogen) atoms. The van der Waals surface area contributed by atoms with Crippen molar-refractivity contribution < 1.29 is 14.2 Å². The number of ether oxygens (including phenoxy) is 3. The third-order valence-corrected chi connectivity index (χ3v) is 6.36. The molecule has 0 aliphatic heterocycles. The van der Waals surface area contributed by atoms with E-state index in [4.69, 9.17) is 14.2 Å². The van der Waals surface area contributed by atoms with Crippen LogP contribution in [0, 0.1) is 11.3 Å². The van der Waals surface area contributed by atoms with Crippen LogP contribution in [0.4, 0.5) is 0 Å². The van der Waals surface area contributed by atoms with Gasteiger partial charge in [-0.3, -0.25) is 4.79 Å². The van der Waals surface area contributed by atoms with Crippen LogP contribution >= 0.6 is 0 Å². The molecule has 0 bridgehead atoms. The van der Waals surface area contributed by atoms with Gasteiger partial charge in [0, 0.05) is 19.0 Å². The van der Waals surface area contributed by atoms with E-state index in [1.54, 1.807) is 32.4 Å². The molecule has 7 heteroatoms. The Bertz CT molecular complexity index is 1520. The van der Waals surface area contributed by atoms with Crippen molar-refractivity contribution in [1.82, 2.24) is 9.55 Å². The van der Waals surface area contributed by atoms with E-state index in [1.807, 2.05) is 55.5 Å². The lowest BCUT2D eigenvalue weighted by molar-refractivity contribution is 0.351. The average Bonchev–Trinajstić information content (AvgIpc) is 2.95. The summed E-state index contributed by atoms with van der Waals surface area (Å²) >= 11 is 0. The highest BCUT2D eigenvalue weighted by molar-refractivity contribution is 5.70. The fourth-order valence-electron chi connectivity index (χ4n) is 4.49. The SMILES string of the molecule is CCCc1nc(=O)c(Oc2ccc(OC)c(OC)c2)c(CC)n1Cc1ccc(-c2ccccc2C#N)cc1. The maximum Gasteiger partial charge on any atom is 0.316 e. The van der Waals surface area contributed by atoms with E-state index in [9.17, 15) is 10.1 Å². The van der Waals surface area contributed by atoms with Gasteiger partial charge in [-0.1, -0.05) is 56.3 Å². The van der Waals surface area contributed by atoms with E-state index in [0.29, 0.717) is 42.2 Å². The second kappa shape index (κ2) is 12.1. The van der Waals surface area contributed by atoms with E-state index in [0.717, 1.165) is 34.6 Å². The topological polar surface area (TPSA) is 86.4 Å². The largest absolute Gasteiger partial charge is 0.493 e. The second-order valence-corrected chi connectivity index (χ2v) is 8.77. The zero-order valence-electron chi connectivity index (χ0n) is 22.2. The molecule has 0 unspecified atom stereocenters. The smallest absolute Gasteiger partial charge is 0.316 e. The molecule has 0 spiro atoms.